The van der Waals surface area contributed by atoms with Crippen molar-refractivity contribution in [1.29, 1.82) is 0 Å². The number of hydrogen-bond donors (Lipinski definition) is 0. The predicted molar refractivity (Wildman–Crippen MR) is 42.8 cm³/mol. The molecule has 0 unspecified atom stereocenters. The van der Waals surface area contributed by atoms with Crippen LogP contribution in [0.25, 0.3) is 10.4 Å². The molecule has 3 heteroatoms. The fourth-order valence-electron chi connectivity index (χ4n) is 0.856. The Morgan fingerprint density at radius 3 is 2.60 bits per heavy atom. The molecule has 0 heterocycles. The van der Waals surface area contributed by atoms with Crippen LogP contribution in [0, 0.1) is 0 Å². The Morgan fingerprint density at radius 2 is 2.20 bits per heavy atom. The van der Waals surface area contributed by atoms with E-state index < -0.39 is 0 Å². The molecule has 0 amide bonds. The molecule has 0 aliphatic heterocycles. The largest absolute Gasteiger partial charge is 0.0906 e. The molecule has 0 radical (unpaired) electrons. The van der Waals surface area contributed by atoms with E-state index in [1.54, 1.807) is 0 Å². The van der Waals surface area contributed by atoms with Crippen molar-refractivity contribution in [2.75, 3.05) is 0 Å². The van der Waals surface area contributed by atoms with Gasteiger partial charge in [0.1, 0.15) is 0 Å². The van der Waals surface area contributed by atoms with Crippen LogP contribution in [0.2, 0.25) is 0 Å². The van der Waals surface area contributed by atoms with Crippen molar-refractivity contribution in [2.24, 2.45) is 5.11 Å². The summed E-state index contributed by atoms with van der Waals surface area (Å²) < 4.78 is 0. The van der Waals surface area contributed by atoms with Crippen LogP contribution in [-0.2, 0) is 0 Å². The van der Waals surface area contributed by atoms with Gasteiger partial charge in [-0.25, -0.2) is 0 Å². The van der Waals surface area contributed by atoms with Gasteiger partial charge < -0.3 is 0 Å². The minimum Gasteiger partial charge on any atom is -0.0906 e. The molecule has 0 spiro atoms. The summed E-state index contributed by atoms with van der Waals surface area (Å²) in [6.07, 6.45) is 4.34. The fraction of sp³-hybridized carbons (Fsp3) is 1.00. The van der Waals surface area contributed by atoms with E-state index in [0.717, 1.165) is 19.3 Å². The highest BCUT2D eigenvalue weighted by atomic mass is 15.1. The highest BCUT2D eigenvalue weighted by Crippen LogP contribution is 2.07. The Labute approximate surface area is 62.1 Å². The molecular formula is C7H15N3. The zero-order valence-electron chi connectivity index (χ0n) is 6.75. The molecule has 10 heavy (non-hydrogen) atoms. The number of nitrogens with zero attached hydrogens (tertiary/aromatic N) is 3. The Balaban J connectivity index is 3.49. The molecule has 0 saturated heterocycles. The first-order chi connectivity index (χ1) is 4.85. The van der Waals surface area contributed by atoms with Gasteiger partial charge in [0.25, 0.3) is 0 Å². The second-order valence-corrected chi connectivity index (χ2v) is 2.41. The molecule has 0 aromatic heterocycles. The van der Waals surface area contributed by atoms with Crippen LogP contribution in [0.5, 0.6) is 0 Å². The van der Waals surface area contributed by atoms with Crippen molar-refractivity contribution in [3.05, 3.63) is 10.4 Å². The van der Waals surface area contributed by atoms with E-state index in [2.05, 4.69) is 23.9 Å². The van der Waals surface area contributed by atoms with Crippen molar-refractivity contribution in [1.82, 2.24) is 0 Å². The van der Waals surface area contributed by atoms with Gasteiger partial charge in [-0.15, -0.1) is 0 Å². The predicted octanol–water partition coefficient (Wildman–Crippen LogP) is 3.27. The molecule has 0 aromatic carbocycles. The lowest BCUT2D eigenvalue weighted by Gasteiger charge is -2.04. The maximum Gasteiger partial charge on any atom is 0.0371 e. The summed E-state index contributed by atoms with van der Waals surface area (Å²) in [6.45, 7) is 4.19. The molecule has 0 rings (SSSR count). The fourth-order valence-corrected chi connectivity index (χ4v) is 0.856. The third-order valence-corrected chi connectivity index (χ3v) is 1.58. The van der Waals surface area contributed by atoms with Gasteiger partial charge in [-0.3, -0.25) is 0 Å². The summed E-state index contributed by atoms with van der Waals surface area (Å²) in [5.41, 5.74) is 8.13. The van der Waals surface area contributed by atoms with Gasteiger partial charge in [-0.05, 0) is 18.4 Å². The first-order valence-corrected chi connectivity index (χ1v) is 3.89. The average molecular weight is 141 g/mol. The summed E-state index contributed by atoms with van der Waals surface area (Å²) in [6, 6.07) is 0.227. The molecule has 0 saturated carbocycles. The molecule has 0 bridgehead atoms. The van der Waals surface area contributed by atoms with Crippen LogP contribution in [0.3, 0.4) is 0 Å². The number of azide groups is 1. The monoisotopic (exact) mass is 141 g/mol. The van der Waals surface area contributed by atoms with Gasteiger partial charge in [-0.2, -0.15) is 0 Å². The van der Waals surface area contributed by atoms with Gasteiger partial charge in [0.15, 0.2) is 0 Å². The van der Waals surface area contributed by atoms with Gasteiger partial charge in [-0.1, -0.05) is 31.8 Å². The Hall–Kier alpha value is -0.690. The second-order valence-electron chi connectivity index (χ2n) is 2.41. The molecular weight excluding hydrogens is 126 g/mol. The number of rotatable bonds is 5. The maximum absolute atomic E-state index is 8.13. The third-order valence-electron chi connectivity index (χ3n) is 1.58. The van der Waals surface area contributed by atoms with Crippen LogP contribution in [0.4, 0.5) is 0 Å². The summed E-state index contributed by atoms with van der Waals surface area (Å²) in [4.78, 5) is 2.78. The third kappa shape index (κ3) is 4.21. The van der Waals surface area contributed by atoms with Crippen molar-refractivity contribution in [3.8, 4) is 0 Å². The van der Waals surface area contributed by atoms with E-state index in [1.807, 2.05) is 0 Å². The van der Waals surface area contributed by atoms with E-state index >= 15 is 0 Å². The topological polar surface area (TPSA) is 48.8 Å². The Kier molecular flexibility index (Phi) is 5.99. The van der Waals surface area contributed by atoms with Crippen LogP contribution >= 0.6 is 0 Å². The van der Waals surface area contributed by atoms with Crippen LogP contribution in [0.15, 0.2) is 5.11 Å². The van der Waals surface area contributed by atoms with E-state index in [4.69, 9.17) is 5.53 Å². The highest BCUT2D eigenvalue weighted by Gasteiger charge is 2.00. The lowest BCUT2D eigenvalue weighted by molar-refractivity contribution is 0.560. The quantitative estimate of drug-likeness (QED) is 0.320. The molecule has 3 nitrogen and oxygen atoms in total. The molecule has 58 valence electrons. The minimum atomic E-state index is 0.227. The minimum absolute atomic E-state index is 0.227. The van der Waals surface area contributed by atoms with E-state index in [1.165, 1.54) is 6.42 Å². The molecule has 0 fully saturated rings. The standard InChI is InChI=1S/C7H15N3/c1-3-5-6-7(4-2)9-10-8/h7H,3-6H2,1-2H3/t7-/m0/s1. The van der Waals surface area contributed by atoms with E-state index in [0.29, 0.717) is 0 Å². The molecule has 0 aliphatic rings. The number of unbranched alkanes of at least 4 members (excludes halogenated alkanes) is 1. The Bertz CT molecular complexity index is 116. The van der Waals surface area contributed by atoms with Crippen molar-refractivity contribution in [3.63, 3.8) is 0 Å². The molecule has 0 N–H and O–H groups in total. The summed E-state index contributed by atoms with van der Waals surface area (Å²) in [5, 5.41) is 3.66. The highest BCUT2D eigenvalue weighted by molar-refractivity contribution is 4.63. The zero-order chi connectivity index (χ0) is 7.82. The summed E-state index contributed by atoms with van der Waals surface area (Å²) >= 11 is 0. The van der Waals surface area contributed by atoms with Gasteiger partial charge >= 0.3 is 0 Å². The van der Waals surface area contributed by atoms with Gasteiger partial charge in [0, 0.05) is 11.0 Å². The Morgan fingerprint density at radius 1 is 1.50 bits per heavy atom. The average Bonchev–Trinajstić information content (AvgIpc) is 1.98. The maximum atomic E-state index is 8.13. The van der Waals surface area contributed by atoms with Crippen LogP contribution in [-0.4, -0.2) is 6.04 Å². The lowest BCUT2D eigenvalue weighted by Crippen LogP contribution is -1.99. The van der Waals surface area contributed by atoms with E-state index in [9.17, 15) is 0 Å². The zero-order valence-corrected chi connectivity index (χ0v) is 6.75. The first kappa shape index (κ1) is 9.31. The van der Waals surface area contributed by atoms with Crippen LogP contribution < -0.4 is 0 Å². The van der Waals surface area contributed by atoms with Crippen molar-refractivity contribution in [2.45, 2.75) is 45.6 Å². The molecule has 0 aromatic rings. The number of hydrogen-bond acceptors (Lipinski definition) is 1. The SMILES string of the molecule is CCCC[C@H](CC)N=[N+]=[N-]. The normalized spacial score (nSPS) is 12.2. The lowest BCUT2D eigenvalue weighted by atomic mass is 10.1. The smallest absolute Gasteiger partial charge is 0.0371 e. The second kappa shape index (κ2) is 6.43. The van der Waals surface area contributed by atoms with Crippen molar-refractivity contribution < 1.29 is 0 Å². The van der Waals surface area contributed by atoms with E-state index in [-0.39, 0.29) is 6.04 Å². The summed E-state index contributed by atoms with van der Waals surface area (Å²) in [5.74, 6) is 0. The van der Waals surface area contributed by atoms with Gasteiger partial charge in [0.2, 0.25) is 0 Å². The van der Waals surface area contributed by atoms with Gasteiger partial charge in [0.05, 0.1) is 0 Å². The molecule has 1 atom stereocenters. The van der Waals surface area contributed by atoms with Crippen LogP contribution in [0.1, 0.15) is 39.5 Å². The summed E-state index contributed by atoms with van der Waals surface area (Å²) in [7, 11) is 0. The molecule has 0 aliphatic carbocycles. The van der Waals surface area contributed by atoms with Crippen molar-refractivity contribution >= 4 is 0 Å². The first-order valence-electron chi connectivity index (χ1n) is 3.89.